The summed E-state index contributed by atoms with van der Waals surface area (Å²) in [6.45, 7) is 1.50. The van der Waals surface area contributed by atoms with Crippen LogP contribution in [-0.2, 0) is 0 Å². The minimum atomic E-state index is -0.405. The number of nitrogens with zero attached hydrogens (tertiary/aromatic N) is 1. The highest BCUT2D eigenvalue weighted by molar-refractivity contribution is 6.03. The number of nitrogens with one attached hydrogen (secondary N) is 2. The lowest BCUT2D eigenvalue weighted by atomic mass is 10.1. The molecule has 0 saturated heterocycles. The van der Waals surface area contributed by atoms with Gasteiger partial charge in [0.2, 0.25) is 0 Å². The number of rotatable bonds is 5. The van der Waals surface area contributed by atoms with Gasteiger partial charge < -0.3 is 10.6 Å². The number of hydrogen-bond donors (Lipinski definition) is 2. The van der Waals surface area contributed by atoms with Gasteiger partial charge in [-0.05, 0) is 55.5 Å². The van der Waals surface area contributed by atoms with E-state index in [0.29, 0.717) is 16.9 Å². The van der Waals surface area contributed by atoms with E-state index in [-0.39, 0.29) is 17.3 Å². The van der Waals surface area contributed by atoms with Crippen molar-refractivity contribution in [2.45, 2.75) is 6.92 Å². The van der Waals surface area contributed by atoms with Crippen LogP contribution < -0.4 is 10.6 Å². The molecule has 0 unspecified atom stereocenters. The second kappa shape index (κ2) is 7.57. The number of ketones is 1. The van der Waals surface area contributed by atoms with Crippen LogP contribution in [0.4, 0.5) is 21.5 Å². The summed E-state index contributed by atoms with van der Waals surface area (Å²) in [7, 11) is 0. The van der Waals surface area contributed by atoms with Crippen LogP contribution in [0.1, 0.15) is 27.8 Å². The van der Waals surface area contributed by atoms with E-state index in [2.05, 4.69) is 15.6 Å². The van der Waals surface area contributed by atoms with Gasteiger partial charge >= 0.3 is 0 Å². The van der Waals surface area contributed by atoms with Crippen molar-refractivity contribution in [2.24, 2.45) is 0 Å². The van der Waals surface area contributed by atoms with Crippen LogP contribution in [0.3, 0.4) is 0 Å². The molecule has 0 saturated carbocycles. The topological polar surface area (TPSA) is 71.1 Å². The van der Waals surface area contributed by atoms with Gasteiger partial charge in [0.1, 0.15) is 11.5 Å². The molecule has 3 rings (SSSR count). The summed E-state index contributed by atoms with van der Waals surface area (Å²) >= 11 is 0. The number of pyridine rings is 1. The van der Waals surface area contributed by atoms with Crippen molar-refractivity contribution in [2.75, 3.05) is 10.6 Å². The van der Waals surface area contributed by atoms with E-state index in [0.717, 1.165) is 5.69 Å². The lowest BCUT2D eigenvalue weighted by Gasteiger charge is -2.09. The van der Waals surface area contributed by atoms with Crippen LogP contribution in [0, 0.1) is 5.82 Å². The molecule has 1 amide bonds. The number of aromatic nitrogens is 1. The molecule has 6 heteroatoms. The Balaban J connectivity index is 1.75. The maximum absolute atomic E-state index is 12.9. The molecule has 1 heterocycles. The van der Waals surface area contributed by atoms with Crippen LogP contribution >= 0.6 is 0 Å². The second-order valence-electron chi connectivity index (χ2n) is 5.65. The highest BCUT2D eigenvalue weighted by Crippen LogP contribution is 2.19. The monoisotopic (exact) mass is 349 g/mol. The zero-order valence-corrected chi connectivity index (χ0v) is 14.0. The number of hydrogen-bond acceptors (Lipinski definition) is 4. The predicted octanol–water partition coefficient (Wildman–Crippen LogP) is 4.42. The Hall–Kier alpha value is -3.54. The van der Waals surface area contributed by atoms with E-state index in [1.165, 1.54) is 37.4 Å². The Bertz CT molecular complexity index is 955. The fourth-order valence-electron chi connectivity index (χ4n) is 2.34. The van der Waals surface area contributed by atoms with Crippen LogP contribution in [0.15, 0.2) is 66.9 Å². The maximum atomic E-state index is 12.9. The molecular formula is C20H16FN3O2. The molecule has 0 aliphatic rings. The molecule has 130 valence electrons. The summed E-state index contributed by atoms with van der Waals surface area (Å²) in [6, 6.07) is 15.9. The molecule has 26 heavy (non-hydrogen) atoms. The number of amides is 1. The highest BCUT2D eigenvalue weighted by Gasteiger charge is 2.09. The average molecular weight is 349 g/mol. The van der Waals surface area contributed by atoms with E-state index >= 15 is 0 Å². The number of benzene rings is 2. The summed E-state index contributed by atoms with van der Waals surface area (Å²) in [5, 5.41) is 5.80. The van der Waals surface area contributed by atoms with Crippen molar-refractivity contribution in [3.63, 3.8) is 0 Å². The van der Waals surface area contributed by atoms with Gasteiger partial charge in [0.15, 0.2) is 5.78 Å². The molecule has 0 aliphatic heterocycles. The summed E-state index contributed by atoms with van der Waals surface area (Å²) < 4.78 is 12.9. The van der Waals surface area contributed by atoms with E-state index < -0.39 is 5.91 Å². The lowest BCUT2D eigenvalue weighted by molar-refractivity contribution is 0.101. The smallest absolute Gasteiger partial charge is 0.274 e. The zero-order chi connectivity index (χ0) is 18.5. The Morgan fingerprint density at radius 1 is 0.923 bits per heavy atom. The molecule has 0 atom stereocenters. The van der Waals surface area contributed by atoms with Gasteiger partial charge in [-0.1, -0.05) is 12.1 Å². The first-order valence-corrected chi connectivity index (χ1v) is 7.92. The SMILES string of the molecule is CC(=O)c1cccc(Nc2ccnc(C(=O)Nc3ccc(F)cc3)c2)c1. The van der Waals surface area contributed by atoms with E-state index in [1.807, 2.05) is 6.07 Å². The quantitative estimate of drug-likeness (QED) is 0.669. The number of Topliss-reactive ketones (excluding diaryl/α,β-unsaturated/α-hetero) is 1. The van der Waals surface area contributed by atoms with Gasteiger partial charge in [-0.25, -0.2) is 4.39 Å². The lowest BCUT2D eigenvalue weighted by Crippen LogP contribution is -2.13. The Morgan fingerprint density at radius 3 is 2.38 bits per heavy atom. The third-order valence-electron chi connectivity index (χ3n) is 3.65. The largest absolute Gasteiger partial charge is 0.355 e. The minimum Gasteiger partial charge on any atom is -0.355 e. The molecule has 1 aromatic heterocycles. The predicted molar refractivity (Wildman–Crippen MR) is 98.3 cm³/mol. The van der Waals surface area contributed by atoms with Crippen molar-refractivity contribution in [3.8, 4) is 0 Å². The molecule has 0 aliphatic carbocycles. The Kier molecular flexibility index (Phi) is 5.03. The van der Waals surface area contributed by atoms with Crippen molar-refractivity contribution < 1.29 is 14.0 Å². The molecule has 0 radical (unpaired) electrons. The Labute approximate surface area is 149 Å². The van der Waals surface area contributed by atoms with E-state index in [4.69, 9.17) is 0 Å². The van der Waals surface area contributed by atoms with E-state index in [1.54, 1.807) is 30.3 Å². The first kappa shape index (κ1) is 17.3. The van der Waals surface area contributed by atoms with Gasteiger partial charge in [0, 0.05) is 28.8 Å². The standard InChI is InChI=1S/C20H16FN3O2/c1-13(25)14-3-2-4-17(11-14)23-18-9-10-22-19(12-18)20(26)24-16-7-5-15(21)6-8-16/h2-12H,1H3,(H,22,23)(H,24,26). The minimum absolute atomic E-state index is 0.0252. The molecule has 0 bridgehead atoms. The first-order chi connectivity index (χ1) is 12.5. The van der Waals surface area contributed by atoms with Crippen molar-refractivity contribution >= 4 is 28.8 Å². The van der Waals surface area contributed by atoms with E-state index in [9.17, 15) is 14.0 Å². The zero-order valence-electron chi connectivity index (χ0n) is 14.0. The van der Waals surface area contributed by atoms with Gasteiger partial charge in [-0.3, -0.25) is 14.6 Å². The summed E-state index contributed by atoms with van der Waals surface area (Å²) in [5.74, 6) is -0.805. The third-order valence-corrected chi connectivity index (χ3v) is 3.65. The second-order valence-corrected chi connectivity index (χ2v) is 5.65. The number of halogens is 1. The van der Waals surface area contributed by atoms with Gasteiger partial charge in [0.25, 0.3) is 5.91 Å². The molecule has 2 N–H and O–H groups in total. The van der Waals surface area contributed by atoms with Gasteiger partial charge in [-0.15, -0.1) is 0 Å². The van der Waals surface area contributed by atoms with Crippen molar-refractivity contribution in [1.29, 1.82) is 0 Å². The molecular weight excluding hydrogens is 333 g/mol. The summed E-state index contributed by atoms with van der Waals surface area (Å²) in [6.07, 6.45) is 1.51. The van der Waals surface area contributed by atoms with Crippen LogP contribution in [-0.4, -0.2) is 16.7 Å². The third kappa shape index (κ3) is 4.30. The number of carbonyl (C=O) groups excluding carboxylic acids is 2. The van der Waals surface area contributed by atoms with Crippen molar-refractivity contribution in [3.05, 3.63) is 83.9 Å². The van der Waals surface area contributed by atoms with Gasteiger partial charge in [0.05, 0.1) is 0 Å². The number of anilines is 3. The van der Waals surface area contributed by atoms with Crippen LogP contribution in [0.2, 0.25) is 0 Å². The Morgan fingerprint density at radius 2 is 1.65 bits per heavy atom. The molecule has 5 nitrogen and oxygen atoms in total. The average Bonchev–Trinajstić information content (AvgIpc) is 2.64. The summed E-state index contributed by atoms with van der Waals surface area (Å²) in [5.41, 5.74) is 2.67. The molecule has 0 spiro atoms. The molecule has 3 aromatic rings. The summed E-state index contributed by atoms with van der Waals surface area (Å²) in [4.78, 5) is 27.8. The maximum Gasteiger partial charge on any atom is 0.274 e. The highest BCUT2D eigenvalue weighted by atomic mass is 19.1. The fraction of sp³-hybridized carbons (Fsp3) is 0.0500. The van der Waals surface area contributed by atoms with Crippen LogP contribution in [0.25, 0.3) is 0 Å². The van der Waals surface area contributed by atoms with Gasteiger partial charge in [-0.2, -0.15) is 0 Å². The molecule has 2 aromatic carbocycles. The molecule has 0 fully saturated rings. The van der Waals surface area contributed by atoms with Crippen molar-refractivity contribution in [1.82, 2.24) is 4.98 Å². The number of carbonyl (C=O) groups is 2. The normalized spacial score (nSPS) is 10.2. The fourth-order valence-corrected chi connectivity index (χ4v) is 2.34. The van der Waals surface area contributed by atoms with Crippen LogP contribution in [0.5, 0.6) is 0 Å². The first-order valence-electron chi connectivity index (χ1n) is 7.92.